The summed E-state index contributed by atoms with van der Waals surface area (Å²) in [5.74, 6) is -0.234. The Morgan fingerprint density at radius 3 is 2.76 bits per heavy atom. The highest BCUT2D eigenvalue weighted by Crippen LogP contribution is 2.28. The van der Waals surface area contributed by atoms with Crippen LogP contribution >= 0.6 is 0 Å². The summed E-state index contributed by atoms with van der Waals surface area (Å²) in [6, 6.07) is 13.6. The van der Waals surface area contributed by atoms with Gasteiger partial charge in [0.25, 0.3) is 0 Å². The van der Waals surface area contributed by atoms with Gasteiger partial charge in [-0.2, -0.15) is 4.98 Å². The predicted octanol–water partition coefficient (Wildman–Crippen LogP) is 4.01. The third kappa shape index (κ3) is 7.89. The van der Waals surface area contributed by atoms with Crippen molar-refractivity contribution in [3.05, 3.63) is 66.1 Å². The highest BCUT2D eigenvalue weighted by Gasteiger charge is 2.23. The molecule has 1 aliphatic heterocycles. The number of nitrogens with zero attached hydrogens (tertiary/aromatic N) is 5. The summed E-state index contributed by atoms with van der Waals surface area (Å²) in [6.07, 6.45) is 0.891. The summed E-state index contributed by atoms with van der Waals surface area (Å²) in [6.45, 7) is 5.31. The number of anilines is 5. The van der Waals surface area contributed by atoms with Gasteiger partial charge in [-0.05, 0) is 56.3 Å². The number of likely N-dealkylation sites (N-methyl/N-ethyl adjacent to an activating group) is 1. The zero-order valence-corrected chi connectivity index (χ0v) is 23.5. The fraction of sp³-hybridized carbons (Fsp3) is 0.379. The van der Waals surface area contributed by atoms with E-state index in [1.165, 1.54) is 18.3 Å². The van der Waals surface area contributed by atoms with Crippen LogP contribution in [0.25, 0.3) is 0 Å². The topological polar surface area (TPSA) is 123 Å². The molecule has 1 atom stereocenters. The van der Waals surface area contributed by atoms with Crippen LogP contribution in [0.2, 0.25) is 0 Å². The van der Waals surface area contributed by atoms with Gasteiger partial charge in [0.05, 0.1) is 18.0 Å². The maximum Gasteiger partial charge on any atom is 0.417 e. The molecule has 3 aromatic rings. The molecule has 0 aliphatic carbocycles. The molecule has 1 fully saturated rings. The molecule has 41 heavy (non-hydrogen) atoms. The minimum absolute atomic E-state index is 0.114. The summed E-state index contributed by atoms with van der Waals surface area (Å²) >= 11 is 0. The maximum absolute atomic E-state index is 15.1. The van der Waals surface area contributed by atoms with Gasteiger partial charge in [0.1, 0.15) is 11.6 Å². The second-order valence-electron chi connectivity index (χ2n) is 9.94. The van der Waals surface area contributed by atoms with Crippen molar-refractivity contribution in [1.29, 1.82) is 0 Å². The Balaban J connectivity index is 1.46. The van der Waals surface area contributed by atoms with E-state index in [1.54, 1.807) is 37.4 Å². The highest BCUT2D eigenvalue weighted by atomic mass is 19.1. The number of carboxylic acid groups (broad SMARTS) is 1. The number of carbonyl (C=O) groups excluding carboxylic acids is 1. The van der Waals surface area contributed by atoms with Crippen molar-refractivity contribution in [1.82, 2.24) is 20.2 Å². The van der Waals surface area contributed by atoms with Gasteiger partial charge in [-0.1, -0.05) is 12.1 Å². The molecule has 2 amide bonds. The van der Waals surface area contributed by atoms with E-state index in [1.807, 2.05) is 11.0 Å². The molecule has 0 saturated carbocycles. The number of amides is 2. The van der Waals surface area contributed by atoms with Gasteiger partial charge in [-0.25, -0.2) is 19.1 Å². The zero-order valence-electron chi connectivity index (χ0n) is 23.5. The molecular weight excluding hydrogens is 529 g/mol. The normalized spacial score (nSPS) is 15.4. The molecule has 2 heterocycles. The number of piperazine rings is 1. The number of hydrogen-bond donors (Lipinski definition) is 3. The van der Waals surface area contributed by atoms with Gasteiger partial charge in [0, 0.05) is 63.7 Å². The second kappa shape index (κ2) is 13.9. The van der Waals surface area contributed by atoms with Crippen LogP contribution in [-0.4, -0.2) is 85.0 Å². The van der Waals surface area contributed by atoms with E-state index >= 15 is 4.39 Å². The largest absolute Gasteiger partial charge is 0.464 e. The lowest BCUT2D eigenvalue weighted by atomic mass is 10.1. The van der Waals surface area contributed by atoms with Crippen LogP contribution in [-0.2, 0) is 16.0 Å². The fourth-order valence-electron chi connectivity index (χ4n) is 4.60. The molecule has 1 unspecified atom stereocenters. The van der Waals surface area contributed by atoms with Crippen LogP contribution in [0, 0.1) is 5.82 Å². The van der Waals surface area contributed by atoms with Crippen molar-refractivity contribution in [2.24, 2.45) is 0 Å². The second-order valence-corrected chi connectivity index (χ2v) is 9.94. The number of nitrogens with one attached hydrogen (secondary N) is 2. The molecule has 11 nitrogen and oxygen atoms in total. The molecular formula is C29H36FN7O4. The first-order chi connectivity index (χ1) is 19.7. The molecule has 0 radical (unpaired) electrons. The van der Waals surface area contributed by atoms with E-state index in [2.05, 4.69) is 39.5 Å². The SMILES string of the molecule is COCCNC(=O)CCc1cccc(N(C(=O)O)c2ccnc(Nc3ccc(N4CCN(C)C(C)C4)c(F)c3)n2)c1. The number of methoxy groups -OCH3 is 1. The third-order valence-electron chi connectivity index (χ3n) is 7.00. The van der Waals surface area contributed by atoms with Crippen LogP contribution in [0.5, 0.6) is 0 Å². The summed E-state index contributed by atoms with van der Waals surface area (Å²) in [4.78, 5) is 38.2. The Hall–Kier alpha value is -4.29. The third-order valence-corrected chi connectivity index (χ3v) is 7.00. The lowest BCUT2D eigenvalue weighted by Gasteiger charge is -2.39. The highest BCUT2D eigenvalue weighted by molar-refractivity contribution is 5.93. The smallest absolute Gasteiger partial charge is 0.417 e. The first-order valence-electron chi connectivity index (χ1n) is 13.5. The number of aromatic nitrogens is 2. The lowest BCUT2D eigenvalue weighted by Crippen LogP contribution is -2.50. The summed E-state index contributed by atoms with van der Waals surface area (Å²) in [5.41, 5.74) is 2.15. The molecule has 2 aromatic carbocycles. The molecule has 4 rings (SSSR count). The van der Waals surface area contributed by atoms with E-state index in [9.17, 15) is 14.7 Å². The Labute approximate surface area is 238 Å². The van der Waals surface area contributed by atoms with Crippen molar-refractivity contribution in [3.63, 3.8) is 0 Å². The van der Waals surface area contributed by atoms with Gasteiger partial charge in [0.15, 0.2) is 0 Å². The predicted molar refractivity (Wildman–Crippen MR) is 156 cm³/mol. The molecule has 0 bridgehead atoms. The van der Waals surface area contributed by atoms with Crippen molar-refractivity contribution < 1.29 is 23.8 Å². The van der Waals surface area contributed by atoms with E-state index in [4.69, 9.17) is 4.74 Å². The van der Waals surface area contributed by atoms with Gasteiger partial charge < -0.3 is 30.3 Å². The summed E-state index contributed by atoms with van der Waals surface area (Å²) < 4.78 is 20.0. The average Bonchev–Trinajstić information content (AvgIpc) is 2.94. The van der Waals surface area contributed by atoms with Gasteiger partial charge >= 0.3 is 6.09 Å². The van der Waals surface area contributed by atoms with Crippen molar-refractivity contribution in [2.45, 2.75) is 25.8 Å². The number of aryl methyl sites for hydroxylation is 1. The van der Waals surface area contributed by atoms with Crippen LogP contribution in [0.4, 0.5) is 38.0 Å². The first-order valence-corrected chi connectivity index (χ1v) is 13.5. The van der Waals surface area contributed by atoms with Crippen molar-refractivity contribution in [2.75, 3.05) is 62.1 Å². The molecule has 0 spiro atoms. The molecule has 1 saturated heterocycles. The van der Waals surface area contributed by atoms with Crippen molar-refractivity contribution in [3.8, 4) is 0 Å². The molecule has 1 aliphatic rings. The Morgan fingerprint density at radius 1 is 1.20 bits per heavy atom. The van der Waals surface area contributed by atoms with Gasteiger partial charge in [-0.15, -0.1) is 0 Å². The van der Waals surface area contributed by atoms with Crippen LogP contribution in [0.3, 0.4) is 0 Å². The molecule has 1 aromatic heterocycles. The average molecular weight is 566 g/mol. The number of rotatable bonds is 11. The number of ether oxygens (including phenoxy) is 1. The number of carbonyl (C=O) groups is 2. The quantitative estimate of drug-likeness (QED) is 0.296. The number of hydrogen-bond acceptors (Lipinski definition) is 8. The summed E-state index contributed by atoms with van der Waals surface area (Å²) in [5, 5.41) is 15.8. The Bertz CT molecular complexity index is 1360. The van der Waals surface area contributed by atoms with Gasteiger partial charge in [0.2, 0.25) is 11.9 Å². The van der Waals surface area contributed by atoms with E-state index < -0.39 is 6.09 Å². The zero-order chi connectivity index (χ0) is 29.4. The Kier molecular flexibility index (Phi) is 10.0. The lowest BCUT2D eigenvalue weighted by molar-refractivity contribution is -0.121. The first kappa shape index (κ1) is 29.7. The number of benzene rings is 2. The van der Waals surface area contributed by atoms with Crippen molar-refractivity contribution >= 4 is 40.8 Å². The van der Waals surface area contributed by atoms with E-state index in [0.717, 1.165) is 30.1 Å². The van der Waals surface area contributed by atoms with Crippen LogP contribution in [0.15, 0.2) is 54.7 Å². The van der Waals surface area contributed by atoms with Crippen LogP contribution in [0.1, 0.15) is 18.9 Å². The van der Waals surface area contributed by atoms with E-state index in [0.29, 0.717) is 42.7 Å². The van der Waals surface area contributed by atoms with E-state index in [-0.39, 0.29) is 29.9 Å². The minimum Gasteiger partial charge on any atom is -0.464 e. The minimum atomic E-state index is -1.24. The molecule has 218 valence electrons. The standard InChI is InChI=1S/C29H36FN7O4/c1-20-19-36(15-14-35(20)2)25-9-8-22(18-24(25)30)33-28-32-12-11-26(34-28)37(29(39)40)23-6-4-5-21(17-23)7-10-27(38)31-13-16-41-3/h4-6,8-9,11-12,17-18,20H,7,10,13-16,19H2,1-3H3,(H,31,38)(H,39,40)(H,32,33,34). The monoisotopic (exact) mass is 565 g/mol. The molecule has 12 heteroatoms. The number of halogens is 1. The Morgan fingerprint density at radius 2 is 2.02 bits per heavy atom. The summed E-state index contributed by atoms with van der Waals surface area (Å²) in [7, 11) is 3.63. The maximum atomic E-state index is 15.1. The fourth-order valence-corrected chi connectivity index (χ4v) is 4.60. The van der Waals surface area contributed by atoms with Gasteiger partial charge in [-0.3, -0.25) is 4.79 Å². The van der Waals surface area contributed by atoms with Crippen LogP contribution < -0.4 is 20.4 Å². The molecule has 3 N–H and O–H groups in total.